The number of likely N-dealkylation sites (N-methyl/N-ethyl adjacent to an activating group) is 1. The fourth-order valence-corrected chi connectivity index (χ4v) is 3.73. The second-order valence-corrected chi connectivity index (χ2v) is 6.87. The van der Waals surface area contributed by atoms with Crippen LogP contribution >= 0.6 is 11.6 Å². The molecule has 3 rings (SSSR count). The van der Waals surface area contributed by atoms with Gasteiger partial charge in [0, 0.05) is 23.8 Å². The Morgan fingerprint density at radius 3 is 2.60 bits per heavy atom. The third-order valence-corrected chi connectivity index (χ3v) is 4.74. The van der Waals surface area contributed by atoms with E-state index >= 15 is 0 Å². The van der Waals surface area contributed by atoms with Gasteiger partial charge in [0.25, 0.3) is 0 Å². The minimum atomic E-state index is -0.533. The molecule has 1 heterocycles. The molecule has 5 heteroatoms. The Balaban J connectivity index is 2.21. The molecule has 0 bridgehead atoms. The number of hydrogen-bond donors (Lipinski definition) is 1. The summed E-state index contributed by atoms with van der Waals surface area (Å²) in [6.45, 7) is 4.98. The maximum Gasteiger partial charge on any atom is 0.241 e. The molecule has 0 fully saturated rings. The van der Waals surface area contributed by atoms with Gasteiger partial charge >= 0.3 is 0 Å². The smallest absolute Gasteiger partial charge is 0.241 e. The second kappa shape index (κ2) is 7.56. The average molecular weight is 359 g/mol. The van der Waals surface area contributed by atoms with E-state index in [1.54, 1.807) is 11.8 Å². The molecule has 2 aromatic rings. The molecule has 0 spiro atoms. The highest BCUT2D eigenvalue weighted by atomic mass is 35.5. The number of rotatable bonds is 4. The van der Waals surface area contributed by atoms with Gasteiger partial charge in [-0.25, -0.2) is 0 Å². The monoisotopic (exact) mass is 358 g/mol. The largest absolute Gasteiger partial charge is 0.392 e. The van der Waals surface area contributed by atoms with Gasteiger partial charge in [0.05, 0.1) is 18.7 Å². The lowest BCUT2D eigenvalue weighted by atomic mass is 9.95. The number of amides is 1. The van der Waals surface area contributed by atoms with Crippen LogP contribution in [-0.2, 0) is 4.79 Å². The molecule has 25 heavy (non-hydrogen) atoms. The SMILES string of the molecule is CCN1C(=O)CN(CC(C)O)C(c2ccccc2)c2cc(Cl)ccc21. The molecule has 0 aromatic heterocycles. The van der Waals surface area contributed by atoms with Crippen LogP contribution in [0.3, 0.4) is 0 Å². The van der Waals surface area contributed by atoms with Crippen LogP contribution in [-0.4, -0.2) is 41.7 Å². The highest BCUT2D eigenvalue weighted by molar-refractivity contribution is 6.30. The van der Waals surface area contributed by atoms with E-state index in [2.05, 4.69) is 12.1 Å². The van der Waals surface area contributed by atoms with Crippen molar-refractivity contribution in [2.75, 3.05) is 24.5 Å². The van der Waals surface area contributed by atoms with Crippen molar-refractivity contribution in [1.29, 1.82) is 0 Å². The number of carbonyl (C=O) groups excluding carboxylic acids is 1. The predicted octanol–water partition coefficient (Wildman–Crippen LogP) is 3.48. The van der Waals surface area contributed by atoms with Crippen LogP contribution in [0.15, 0.2) is 48.5 Å². The number of aliphatic hydroxyl groups excluding tert-OH is 1. The number of β-amino-alcohol motifs (C(OH)–C–C–N with tert-alkyl or cyclic N) is 1. The topological polar surface area (TPSA) is 43.8 Å². The normalized spacial score (nSPS) is 19.4. The summed E-state index contributed by atoms with van der Waals surface area (Å²) in [4.78, 5) is 16.7. The summed E-state index contributed by atoms with van der Waals surface area (Å²) in [5, 5.41) is 10.6. The lowest BCUT2D eigenvalue weighted by molar-refractivity contribution is -0.120. The second-order valence-electron chi connectivity index (χ2n) is 6.43. The number of fused-ring (bicyclic) bond motifs is 1. The molecule has 1 aliphatic rings. The van der Waals surface area contributed by atoms with Gasteiger partial charge in [0.2, 0.25) is 5.91 Å². The Hall–Kier alpha value is -1.88. The van der Waals surface area contributed by atoms with E-state index in [1.165, 1.54) is 0 Å². The first-order valence-electron chi connectivity index (χ1n) is 8.58. The van der Waals surface area contributed by atoms with Gasteiger partial charge in [-0.15, -0.1) is 0 Å². The van der Waals surface area contributed by atoms with Gasteiger partial charge in [-0.1, -0.05) is 41.9 Å². The molecule has 2 unspecified atom stereocenters. The van der Waals surface area contributed by atoms with E-state index in [4.69, 9.17) is 11.6 Å². The molecule has 0 saturated heterocycles. The van der Waals surface area contributed by atoms with Crippen molar-refractivity contribution in [1.82, 2.24) is 4.90 Å². The van der Waals surface area contributed by atoms with E-state index in [1.807, 2.05) is 48.2 Å². The Morgan fingerprint density at radius 2 is 1.96 bits per heavy atom. The Bertz CT molecular complexity index is 749. The van der Waals surface area contributed by atoms with Crippen LogP contribution in [0, 0.1) is 0 Å². The summed E-state index contributed by atoms with van der Waals surface area (Å²) >= 11 is 6.29. The van der Waals surface area contributed by atoms with Gasteiger partial charge in [-0.3, -0.25) is 9.69 Å². The molecule has 0 aliphatic carbocycles. The van der Waals surface area contributed by atoms with Crippen molar-refractivity contribution in [3.63, 3.8) is 0 Å². The van der Waals surface area contributed by atoms with E-state index < -0.39 is 6.10 Å². The molecular formula is C20H23ClN2O2. The zero-order valence-corrected chi connectivity index (χ0v) is 15.3. The Morgan fingerprint density at radius 1 is 1.24 bits per heavy atom. The molecule has 0 radical (unpaired) electrons. The first-order chi connectivity index (χ1) is 12.0. The minimum Gasteiger partial charge on any atom is -0.392 e. The third kappa shape index (κ3) is 3.71. The van der Waals surface area contributed by atoms with Crippen LogP contribution in [0.4, 0.5) is 5.69 Å². The summed E-state index contributed by atoms with van der Waals surface area (Å²) < 4.78 is 0. The number of aliphatic hydroxyl groups is 1. The molecule has 0 saturated carbocycles. The summed E-state index contributed by atoms with van der Waals surface area (Å²) in [6, 6.07) is 15.6. The standard InChI is InChI=1S/C20H23ClN2O2/c1-3-23-18-10-9-16(21)11-17(18)20(15-7-5-4-6-8-15)22(12-14(2)24)13-19(23)25/h4-11,14,20,24H,3,12-13H2,1-2H3. The number of nitrogens with zero attached hydrogens (tertiary/aromatic N) is 2. The summed E-state index contributed by atoms with van der Waals surface area (Å²) in [5.74, 6) is 0.0325. The number of anilines is 1. The Kier molecular flexibility index (Phi) is 5.42. The molecule has 1 amide bonds. The fourth-order valence-electron chi connectivity index (χ4n) is 3.55. The lowest BCUT2D eigenvalue weighted by Gasteiger charge is -2.31. The first-order valence-corrected chi connectivity index (χ1v) is 8.96. The summed E-state index contributed by atoms with van der Waals surface area (Å²) in [5.41, 5.74) is 2.96. The van der Waals surface area contributed by atoms with Gasteiger partial charge in [-0.05, 0) is 43.2 Å². The van der Waals surface area contributed by atoms with E-state index in [0.717, 1.165) is 16.8 Å². The minimum absolute atomic E-state index is 0.0325. The lowest BCUT2D eigenvalue weighted by Crippen LogP contribution is -2.41. The molecule has 132 valence electrons. The zero-order chi connectivity index (χ0) is 18.0. The molecule has 2 atom stereocenters. The Labute approximate surface area is 153 Å². The van der Waals surface area contributed by atoms with Crippen LogP contribution in [0.5, 0.6) is 0 Å². The molecular weight excluding hydrogens is 336 g/mol. The van der Waals surface area contributed by atoms with E-state index in [0.29, 0.717) is 18.1 Å². The van der Waals surface area contributed by atoms with Crippen molar-refractivity contribution in [2.24, 2.45) is 0 Å². The van der Waals surface area contributed by atoms with Crippen molar-refractivity contribution in [2.45, 2.75) is 26.0 Å². The molecule has 2 aromatic carbocycles. The van der Waals surface area contributed by atoms with Crippen molar-refractivity contribution < 1.29 is 9.90 Å². The van der Waals surface area contributed by atoms with E-state index in [-0.39, 0.29) is 18.5 Å². The zero-order valence-electron chi connectivity index (χ0n) is 14.5. The van der Waals surface area contributed by atoms with Gasteiger partial charge in [0.15, 0.2) is 0 Å². The van der Waals surface area contributed by atoms with Gasteiger partial charge < -0.3 is 10.0 Å². The van der Waals surface area contributed by atoms with Crippen molar-refractivity contribution in [3.05, 3.63) is 64.7 Å². The van der Waals surface area contributed by atoms with E-state index in [9.17, 15) is 9.90 Å². The maximum absolute atomic E-state index is 12.8. The highest BCUT2D eigenvalue weighted by Crippen LogP contribution is 2.39. The predicted molar refractivity (Wildman–Crippen MR) is 101 cm³/mol. The third-order valence-electron chi connectivity index (χ3n) is 4.51. The van der Waals surface area contributed by atoms with Crippen molar-refractivity contribution >= 4 is 23.2 Å². The number of halogens is 1. The fraction of sp³-hybridized carbons (Fsp3) is 0.350. The molecule has 1 aliphatic heterocycles. The quantitative estimate of drug-likeness (QED) is 0.910. The van der Waals surface area contributed by atoms with Crippen LogP contribution < -0.4 is 4.90 Å². The molecule has 4 nitrogen and oxygen atoms in total. The van der Waals surface area contributed by atoms with Gasteiger partial charge in [0.1, 0.15) is 0 Å². The number of benzene rings is 2. The average Bonchev–Trinajstić information content (AvgIpc) is 2.68. The van der Waals surface area contributed by atoms with Crippen LogP contribution in [0.2, 0.25) is 5.02 Å². The number of carbonyl (C=O) groups is 1. The summed E-state index contributed by atoms with van der Waals surface area (Å²) in [7, 11) is 0. The highest BCUT2D eigenvalue weighted by Gasteiger charge is 2.34. The maximum atomic E-state index is 12.8. The number of hydrogen-bond acceptors (Lipinski definition) is 3. The van der Waals surface area contributed by atoms with Crippen molar-refractivity contribution in [3.8, 4) is 0 Å². The summed E-state index contributed by atoms with van der Waals surface area (Å²) in [6.07, 6.45) is -0.533. The van der Waals surface area contributed by atoms with Crippen LogP contribution in [0.25, 0.3) is 0 Å². The molecule has 1 N–H and O–H groups in total. The first kappa shape index (κ1) is 17.9. The van der Waals surface area contributed by atoms with Crippen LogP contribution in [0.1, 0.15) is 31.0 Å². The van der Waals surface area contributed by atoms with Gasteiger partial charge in [-0.2, -0.15) is 0 Å².